The summed E-state index contributed by atoms with van der Waals surface area (Å²) in [6.07, 6.45) is 0. The minimum Gasteiger partial charge on any atom is -0.394 e. The Morgan fingerprint density at radius 2 is 1.85 bits per heavy atom. The molecule has 1 rings (SSSR count). The van der Waals surface area contributed by atoms with Crippen molar-refractivity contribution in [3.8, 4) is 0 Å². The third-order valence-corrected chi connectivity index (χ3v) is 2.57. The molecule has 0 saturated carbocycles. The molecule has 0 aliphatic heterocycles. The van der Waals surface area contributed by atoms with Crippen molar-refractivity contribution >= 4 is 23.4 Å². The van der Waals surface area contributed by atoms with E-state index in [1.165, 1.54) is 0 Å². The number of ether oxygens (including phenoxy) is 1. The molecular formula is C13H17ClN2O4. The van der Waals surface area contributed by atoms with Crippen LogP contribution in [0.15, 0.2) is 24.3 Å². The van der Waals surface area contributed by atoms with E-state index in [2.05, 4.69) is 10.6 Å². The van der Waals surface area contributed by atoms with Crippen molar-refractivity contribution in [3.05, 3.63) is 34.9 Å². The maximum absolute atomic E-state index is 11.7. The Labute approximate surface area is 122 Å². The fourth-order valence-corrected chi connectivity index (χ4v) is 1.48. The number of hydrogen-bond acceptors (Lipinski definition) is 4. The van der Waals surface area contributed by atoms with Gasteiger partial charge in [-0.2, -0.15) is 0 Å². The lowest BCUT2D eigenvalue weighted by molar-refractivity contribution is -0.120. The van der Waals surface area contributed by atoms with E-state index < -0.39 is 0 Å². The lowest BCUT2D eigenvalue weighted by atomic mass is 10.2. The van der Waals surface area contributed by atoms with E-state index in [0.29, 0.717) is 23.7 Å². The van der Waals surface area contributed by atoms with E-state index in [1.54, 1.807) is 24.3 Å². The van der Waals surface area contributed by atoms with Gasteiger partial charge >= 0.3 is 0 Å². The van der Waals surface area contributed by atoms with Crippen molar-refractivity contribution in [1.82, 2.24) is 10.6 Å². The Morgan fingerprint density at radius 1 is 1.15 bits per heavy atom. The molecule has 0 aliphatic rings. The van der Waals surface area contributed by atoms with Crippen LogP contribution >= 0.6 is 11.6 Å². The van der Waals surface area contributed by atoms with Gasteiger partial charge in [0, 0.05) is 17.1 Å². The summed E-state index contributed by atoms with van der Waals surface area (Å²) in [5.41, 5.74) is 0.438. The summed E-state index contributed by atoms with van der Waals surface area (Å²) < 4.78 is 4.97. The Kier molecular flexibility index (Phi) is 7.64. The average molecular weight is 301 g/mol. The Hall–Kier alpha value is -1.63. The van der Waals surface area contributed by atoms with Gasteiger partial charge < -0.3 is 20.5 Å². The normalized spacial score (nSPS) is 10.1. The Morgan fingerprint density at radius 3 is 2.50 bits per heavy atom. The maximum Gasteiger partial charge on any atom is 0.251 e. The molecular weight excluding hydrogens is 284 g/mol. The molecule has 0 atom stereocenters. The van der Waals surface area contributed by atoms with Gasteiger partial charge in [-0.25, -0.2) is 0 Å². The predicted molar refractivity (Wildman–Crippen MR) is 74.7 cm³/mol. The molecule has 1 aromatic rings. The van der Waals surface area contributed by atoms with Gasteiger partial charge in [-0.1, -0.05) is 11.6 Å². The first-order valence-corrected chi connectivity index (χ1v) is 6.50. The highest BCUT2D eigenvalue weighted by Gasteiger charge is 2.07. The van der Waals surface area contributed by atoms with Crippen LogP contribution in [0.2, 0.25) is 5.02 Å². The number of amides is 2. The molecule has 0 aromatic heterocycles. The van der Waals surface area contributed by atoms with Crippen LogP contribution in [0.4, 0.5) is 0 Å². The van der Waals surface area contributed by atoms with Gasteiger partial charge in [0.25, 0.3) is 5.91 Å². The van der Waals surface area contributed by atoms with E-state index in [-0.39, 0.29) is 31.6 Å². The molecule has 3 N–H and O–H groups in total. The van der Waals surface area contributed by atoms with E-state index in [4.69, 9.17) is 21.4 Å². The van der Waals surface area contributed by atoms with Crippen LogP contribution in [0.25, 0.3) is 0 Å². The number of hydrogen-bond donors (Lipinski definition) is 3. The molecule has 7 heteroatoms. The molecule has 0 bridgehead atoms. The summed E-state index contributed by atoms with van der Waals surface area (Å²) in [7, 11) is 0. The summed E-state index contributed by atoms with van der Waals surface area (Å²) in [5.74, 6) is -0.645. The standard InChI is InChI=1S/C13H17ClN2O4/c14-11-3-1-10(2-4-11)13(19)16-9-12(18)15-5-7-20-8-6-17/h1-4,17H,5-9H2,(H,15,18)(H,16,19). The van der Waals surface area contributed by atoms with Crippen molar-refractivity contribution in [2.24, 2.45) is 0 Å². The van der Waals surface area contributed by atoms with Crippen LogP contribution in [0.3, 0.4) is 0 Å². The van der Waals surface area contributed by atoms with Crippen LogP contribution in [0, 0.1) is 0 Å². The number of nitrogens with one attached hydrogen (secondary N) is 2. The van der Waals surface area contributed by atoms with Crippen LogP contribution in [-0.2, 0) is 9.53 Å². The molecule has 0 aliphatic carbocycles. The predicted octanol–water partition coefficient (Wildman–Crippen LogP) is 0.195. The number of aliphatic hydroxyl groups excluding tert-OH is 1. The molecule has 1 aromatic carbocycles. The first-order chi connectivity index (χ1) is 9.63. The number of carbonyl (C=O) groups is 2. The van der Waals surface area contributed by atoms with E-state index >= 15 is 0 Å². The van der Waals surface area contributed by atoms with Crippen molar-refractivity contribution < 1.29 is 19.4 Å². The van der Waals surface area contributed by atoms with Gasteiger partial charge in [0.15, 0.2) is 0 Å². The fourth-order valence-electron chi connectivity index (χ4n) is 1.36. The quantitative estimate of drug-likeness (QED) is 0.598. The molecule has 20 heavy (non-hydrogen) atoms. The Bertz CT molecular complexity index is 437. The molecule has 0 radical (unpaired) electrons. The van der Waals surface area contributed by atoms with Crippen molar-refractivity contribution in [1.29, 1.82) is 0 Å². The molecule has 0 unspecified atom stereocenters. The number of halogens is 1. The molecule has 0 spiro atoms. The van der Waals surface area contributed by atoms with Crippen LogP contribution in [0.1, 0.15) is 10.4 Å². The SMILES string of the molecule is O=C(CNC(=O)c1ccc(Cl)cc1)NCCOCCO. The molecule has 2 amide bonds. The van der Waals surface area contributed by atoms with E-state index in [0.717, 1.165) is 0 Å². The Balaban J connectivity index is 2.20. The first-order valence-electron chi connectivity index (χ1n) is 6.12. The largest absolute Gasteiger partial charge is 0.394 e. The molecule has 0 fully saturated rings. The topological polar surface area (TPSA) is 87.7 Å². The number of aliphatic hydroxyl groups is 1. The van der Waals surface area contributed by atoms with E-state index in [9.17, 15) is 9.59 Å². The minimum absolute atomic E-state index is 0.0505. The van der Waals surface area contributed by atoms with Crippen molar-refractivity contribution in [3.63, 3.8) is 0 Å². The van der Waals surface area contributed by atoms with Gasteiger partial charge in [0.1, 0.15) is 0 Å². The van der Waals surface area contributed by atoms with Crippen molar-refractivity contribution in [2.75, 3.05) is 32.9 Å². The molecule has 110 valence electrons. The van der Waals surface area contributed by atoms with Gasteiger partial charge in [0.05, 0.1) is 26.4 Å². The third kappa shape index (κ3) is 6.51. The summed E-state index contributed by atoms with van der Waals surface area (Å²) >= 11 is 5.71. The zero-order chi connectivity index (χ0) is 14.8. The van der Waals surface area contributed by atoms with Gasteiger partial charge in [-0.3, -0.25) is 9.59 Å². The minimum atomic E-state index is -0.339. The fraction of sp³-hybridized carbons (Fsp3) is 0.385. The summed E-state index contributed by atoms with van der Waals surface area (Å²) in [6.45, 7) is 0.725. The van der Waals surface area contributed by atoms with Gasteiger partial charge in [-0.05, 0) is 24.3 Å². The first kappa shape index (κ1) is 16.4. The lowest BCUT2D eigenvalue weighted by Gasteiger charge is -2.07. The highest BCUT2D eigenvalue weighted by molar-refractivity contribution is 6.30. The van der Waals surface area contributed by atoms with E-state index in [1.807, 2.05) is 0 Å². The number of rotatable bonds is 8. The van der Waals surface area contributed by atoms with Crippen LogP contribution in [0.5, 0.6) is 0 Å². The second-order valence-electron chi connectivity index (χ2n) is 3.88. The molecule has 0 heterocycles. The van der Waals surface area contributed by atoms with Crippen molar-refractivity contribution in [2.45, 2.75) is 0 Å². The highest BCUT2D eigenvalue weighted by atomic mass is 35.5. The van der Waals surface area contributed by atoms with Gasteiger partial charge in [0.2, 0.25) is 5.91 Å². The van der Waals surface area contributed by atoms with Crippen LogP contribution < -0.4 is 10.6 Å². The number of carbonyl (C=O) groups excluding carboxylic acids is 2. The smallest absolute Gasteiger partial charge is 0.251 e. The number of benzene rings is 1. The second kappa shape index (κ2) is 9.30. The lowest BCUT2D eigenvalue weighted by Crippen LogP contribution is -2.38. The summed E-state index contributed by atoms with van der Waals surface area (Å²) in [6, 6.07) is 6.38. The molecule has 6 nitrogen and oxygen atoms in total. The monoisotopic (exact) mass is 300 g/mol. The summed E-state index contributed by atoms with van der Waals surface area (Å²) in [5, 5.41) is 14.1. The zero-order valence-corrected chi connectivity index (χ0v) is 11.7. The third-order valence-electron chi connectivity index (χ3n) is 2.32. The summed E-state index contributed by atoms with van der Waals surface area (Å²) in [4.78, 5) is 23.1. The second-order valence-corrected chi connectivity index (χ2v) is 4.31. The highest BCUT2D eigenvalue weighted by Crippen LogP contribution is 2.09. The average Bonchev–Trinajstić information content (AvgIpc) is 2.45. The zero-order valence-electron chi connectivity index (χ0n) is 10.9. The van der Waals surface area contributed by atoms with Gasteiger partial charge in [-0.15, -0.1) is 0 Å². The van der Waals surface area contributed by atoms with Crippen LogP contribution in [-0.4, -0.2) is 49.8 Å². The maximum atomic E-state index is 11.7. The molecule has 0 saturated heterocycles.